The quantitative estimate of drug-likeness (QED) is 0.761. The zero-order valence-corrected chi connectivity index (χ0v) is 13.0. The Morgan fingerprint density at radius 3 is 2.55 bits per heavy atom. The molecular formula is C16H28N2O2. The van der Waals surface area contributed by atoms with Gasteiger partial charge in [-0.25, -0.2) is 4.79 Å². The Labute approximate surface area is 123 Å². The second kappa shape index (κ2) is 8.16. The van der Waals surface area contributed by atoms with E-state index in [1.165, 1.54) is 32.1 Å². The van der Waals surface area contributed by atoms with Crippen molar-refractivity contribution in [1.82, 2.24) is 10.6 Å². The van der Waals surface area contributed by atoms with Gasteiger partial charge in [0.05, 0.1) is 6.54 Å². The summed E-state index contributed by atoms with van der Waals surface area (Å²) in [5, 5.41) is 6.20. The third-order valence-electron chi connectivity index (χ3n) is 3.55. The average molecular weight is 280 g/mol. The highest BCUT2D eigenvalue weighted by Gasteiger charge is 2.24. The summed E-state index contributed by atoms with van der Waals surface area (Å²) in [6.07, 6.45) is 11.2. The van der Waals surface area contributed by atoms with Gasteiger partial charge < -0.3 is 15.4 Å². The van der Waals surface area contributed by atoms with Crippen LogP contribution < -0.4 is 10.6 Å². The first-order valence-corrected chi connectivity index (χ1v) is 7.56. The molecule has 1 amide bonds. The van der Waals surface area contributed by atoms with E-state index < -0.39 is 5.60 Å². The second-order valence-corrected chi connectivity index (χ2v) is 6.47. The van der Waals surface area contributed by atoms with Crippen LogP contribution in [0.25, 0.3) is 0 Å². The van der Waals surface area contributed by atoms with Gasteiger partial charge in [0.15, 0.2) is 0 Å². The summed E-state index contributed by atoms with van der Waals surface area (Å²) in [5.74, 6) is 3.20. The number of terminal acetylenes is 1. The topological polar surface area (TPSA) is 50.4 Å². The maximum atomic E-state index is 11.7. The van der Waals surface area contributed by atoms with Gasteiger partial charge in [-0.3, -0.25) is 0 Å². The number of carbonyl (C=O) groups excluding carboxylic acids is 1. The molecule has 1 aliphatic rings. The fraction of sp³-hybridized carbons (Fsp3) is 0.812. The fourth-order valence-corrected chi connectivity index (χ4v) is 2.64. The Bertz CT molecular complexity index is 335. The van der Waals surface area contributed by atoms with Crippen molar-refractivity contribution in [1.29, 1.82) is 0 Å². The summed E-state index contributed by atoms with van der Waals surface area (Å²) in [5.41, 5.74) is -0.462. The molecule has 4 nitrogen and oxygen atoms in total. The fourth-order valence-electron chi connectivity index (χ4n) is 2.64. The van der Waals surface area contributed by atoms with Gasteiger partial charge in [0.25, 0.3) is 0 Å². The predicted molar refractivity (Wildman–Crippen MR) is 81.4 cm³/mol. The Morgan fingerprint density at radius 1 is 1.35 bits per heavy atom. The molecule has 0 bridgehead atoms. The summed E-state index contributed by atoms with van der Waals surface area (Å²) in [4.78, 5) is 11.7. The third-order valence-corrected chi connectivity index (χ3v) is 3.55. The van der Waals surface area contributed by atoms with Gasteiger partial charge in [-0.15, -0.1) is 6.42 Å². The normalized spacial score (nSPS) is 18.1. The monoisotopic (exact) mass is 280 g/mol. The lowest BCUT2D eigenvalue weighted by Gasteiger charge is -2.31. The minimum absolute atomic E-state index is 0.235. The number of ether oxygens (including phenoxy) is 1. The molecule has 1 atom stereocenters. The molecule has 1 fully saturated rings. The SMILES string of the molecule is C#CCNC(CNC(=O)OC(C)(C)C)C1CCCCC1. The molecular weight excluding hydrogens is 252 g/mol. The van der Waals surface area contributed by atoms with Crippen LogP contribution in [0.3, 0.4) is 0 Å². The standard InChI is InChI=1S/C16H28N2O2/c1-5-11-17-14(13-9-7-6-8-10-13)12-18-15(19)20-16(2,3)4/h1,13-14,17H,6-12H2,2-4H3,(H,18,19). The van der Waals surface area contributed by atoms with Crippen molar-refractivity contribution >= 4 is 6.09 Å². The average Bonchev–Trinajstić information content (AvgIpc) is 2.38. The van der Waals surface area contributed by atoms with Crippen molar-refractivity contribution in [2.75, 3.05) is 13.1 Å². The third kappa shape index (κ3) is 6.81. The van der Waals surface area contributed by atoms with Crippen LogP contribution in [-0.2, 0) is 4.74 Å². The Kier molecular flexibility index (Phi) is 6.87. The second-order valence-electron chi connectivity index (χ2n) is 6.47. The summed E-state index contributed by atoms with van der Waals surface area (Å²) in [7, 11) is 0. The molecule has 1 saturated carbocycles. The molecule has 2 N–H and O–H groups in total. The number of hydrogen-bond donors (Lipinski definition) is 2. The lowest BCUT2D eigenvalue weighted by Crippen LogP contribution is -2.47. The van der Waals surface area contributed by atoms with Crippen LogP contribution >= 0.6 is 0 Å². The number of carbonyl (C=O) groups is 1. The maximum Gasteiger partial charge on any atom is 0.407 e. The molecule has 20 heavy (non-hydrogen) atoms. The first kappa shape index (κ1) is 16.8. The van der Waals surface area contributed by atoms with E-state index in [-0.39, 0.29) is 12.1 Å². The molecule has 1 unspecified atom stereocenters. The molecule has 0 aliphatic heterocycles. The summed E-state index contributed by atoms with van der Waals surface area (Å²) < 4.78 is 5.26. The highest BCUT2D eigenvalue weighted by atomic mass is 16.6. The van der Waals surface area contributed by atoms with Crippen molar-refractivity contribution < 1.29 is 9.53 Å². The van der Waals surface area contributed by atoms with E-state index in [9.17, 15) is 4.79 Å². The van der Waals surface area contributed by atoms with Gasteiger partial charge in [-0.05, 0) is 39.5 Å². The van der Waals surface area contributed by atoms with Gasteiger partial charge in [0.1, 0.15) is 5.60 Å². The molecule has 0 radical (unpaired) electrons. The smallest absolute Gasteiger partial charge is 0.407 e. The maximum absolute atomic E-state index is 11.7. The lowest BCUT2D eigenvalue weighted by molar-refractivity contribution is 0.0516. The van der Waals surface area contributed by atoms with E-state index in [1.54, 1.807) is 0 Å². The van der Waals surface area contributed by atoms with E-state index in [0.29, 0.717) is 19.0 Å². The first-order valence-electron chi connectivity index (χ1n) is 7.56. The number of alkyl carbamates (subject to hydrolysis) is 1. The molecule has 0 spiro atoms. The molecule has 0 aromatic heterocycles. The van der Waals surface area contributed by atoms with Crippen LogP contribution in [0.1, 0.15) is 52.9 Å². The molecule has 0 aromatic carbocycles. The summed E-state index contributed by atoms with van der Waals surface area (Å²) in [6.45, 7) is 6.70. The summed E-state index contributed by atoms with van der Waals surface area (Å²) in [6, 6.07) is 0.235. The summed E-state index contributed by atoms with van der Waals surface area (Å²) >= 11 is 0. The van der Waals surface area contributed by atoms with Gasteiger partial charge in [0, 0.05) is 12.6 Å². The lowest BCUT2D eigenvalue weighted by atomic mass is 9.84. The Morgan fingerprint density at radius 2 is 2.00 bits per heavy atom. The molecule has 0 heterocycles. The minimum atomic E-state index is -0.462. The molecule has 4 heteroatoms. The highest BCUT2D eigenvalue weighted by molar-refractivity contribution is 5.67. The molecule has 1 rings (SSSR count). The van der Waals surface area contributed by atoms with Crippen molar-refractivity contribution in [3.05, 3.63) is 0 Å². The van der Waals surface area contributed by atoms with E-state index in [0.717, 1.165) is 0 Å². The van der Waals surface area contributed by atoms with Crippen molar-refractivity contribution in [3.8, 4) is 12.3 Å². The Hall–Kier alpha value is -1.21. The number of rotatable bonds is 5. The van der Waals surface area contributed by atoms with Crippen molar-refractivity contribution in [3.63, 3.8) is 0 Å². The largest absolute Gasteiger partial charge is 0.444 e. The van der Waals surface area contributed by atoms with Crippen LogP contribution in [0.2, 0.25) is 0 Å². The van der Waals surface area contributed by atoms with Crippen LogP contribution in [0.15, 0.2) is 0 Å². The van der Waals surface area contributed by atoms with Crippen LogP contribution in [-0.4, -0.2) is 30.8 Å². The van der Waals surface area contributed by atoms with E-state index in [1.807, 2.05) is 20.8 Å². The molecule has 1 aliphatic carbocycles. The van der Waals surface area contributed by atoms with Crippen LogP contribution in [0.4, 0.5) is 4.79 Å². The molecule has 0 saturated heterocycles. The molecule has 114 valence electrons. The van der Waals surface area contributed by atoms with Gasteiger partial charge in [0.2, 0.25) is 0 Å². The van der Waals surface area contributed by atoms with Gasteiger partial charge in [-0.1, -0.05) is 25.2 Å². The predicted octanol–water partition coefficient (Wildman–Crippen LogP) is 2.68. The van der Waals surface area contributed by atoms with Crippen LogP contribution in [0, 0.1) is 18.3 Å². The highest BCUT2D eigenvalue weighted by Crippen LogP contribution is 2.26. The van der Waals surface area contributed by atoms with Gasteiger partial charge >= 0.3 is 6.09 Å². The Balaban J connectivity index is 2.43. The van der Waals surface area contributed by atoms with E-state index in [2.05, 4.69) is 16.6 Å². The number of nitrogens with one attached hydrogen (secondary N) is 2. The zero-order chi connectivity index (χ0) is 15.0. The zero-order valence-electron chi connectivity index (χ0n) is 13.0. The minimum Gasteiger partial charge on any atom is -0.444 e. The number of amides is 1. The van der Waals surface area contributed by atoms with Crippen molar-refractivity contribution in [2.24, 2.45) is 5.92 Å². The van der Waals surface area contributed by atoms with E-state index >= 15 is 0 Å². The van der Waals surface area contributed by atoms with Crippen LogP contribution in [0.5, 0.6) is 0 Å². The van der Waals surface area contributed by atoms with E-state index in [4.69, 9.17) is 11.2 Å². The van der Waals surface area contributed by atoms with Gasteiger partial charge in [-0.2, -0.15) is 0 Å². The molecule has 0 aromatic rings. The van der Waals surface area contributed by atoms with Crippen molar-refractivity contribution in [2.45, 2.75) is 64.5 Å². The number of hydrogen-bond acceptors (Lipinski definition) is 3. The first-order chi connectivity index (χ1) is 9.42.